The molecule has 8 heteroatoms. The predicted octanol–water partition coefficient (Wildman–Crippen LogP) is 2.14. The van der Waals surface area contributed by atoms with Crippen LogP contribution in [0.25, 0.3) is 0 Å². The summed E-state index contributed by atoms with van der Waals surface area (Å²) in [7, 11) is 0. The molecule has 0 aliphatic carbocycles. The molecule has 1 aromatic carbocycles. The highest BCUT2D eigenvalue weighted by Crippen LogP contribution is 2.23. The Morgan fingerprint density at radius 2 is 2.11 bits per heavy atom. The lowest BCUT2D eigenvalue weighted by molar-refractivity contribution is -0.385. The number of hydrogen-bond donors (Lipinski definition) is 2. The lowest BCUT2D eigenvalue weighted by Gasteiger charge is -2.18. The van der Waals surface area contributed by atoms with Gasteiger partial charge in [0.2, 0.25) is 0 Å². The number of halogens is 2. The molecule has 0 bridgehead atoms. The third-order valence-corrected chi connectivity index (χ3v) is 2.34. The zero-order chi connectivity index (χ0) is 13.9. The smallest absolute Gasteiger partial charge is 0.283 e. The topological polar surface area (TPSA) is 98.3 Å². The van der Waals surface area contributed by atoms with Gasteiger partial charge in [0.15, 0.2) is 0 Å². The number of nitro groups is 1. The maximum absolute atomic E-state index is 11.8. The van der Waals surface area contributed by atoms with E-state index < -0.39 is 16.4 Å². The Hall–Kier alpha value is -1.37. The summed E-state index contributed by atoms with van der Waals surface area (Å²) < 4.78 is 0. The Morgan fingerprint density at radius 1 is 1.53 bits per heavy atom. The summed E-state index contributed by atoms with van der Waals surface area (Å²) >= 11 is 5.66. The first-order valence-electron chi connectivity index (χ1n) is 5.22. The second-order valence-corrected chi connectivity index (χ2v) is 5.03. The van der Waals surface area contributed by atoms with Crippen LogP contribution >= 0.6 is 24.0 Å². The summed E-state index contributed by atoms with van der Waals surface area (Å²) in [4.78, 5) is 22.0. The summed E-state index contributed by atoms with van der Waals surface area (Å²) in [5.41, 5.74) is 4.77. The molecule has 3 N–H and O–H groups in total. The molecule has 6 nitrogen and oxygen atoms in total. The third kappa shape index (κ3) is 5.42. The largest absolute Gasteiger partial charge is 0.350 e. The summed E-state index contributed by atoms with van der Waals surface area (Å²) in [5, 5.41) is 13.6. The van der Waals surface area contributed by atoms with E-state index in [0.29, 0.717) is 0 Å². The van der Waals surface area contributed by atoms with Crippen LogP contribution in [-0.2, 0) is 0 Å². The van der Waals surface area contributed by atoms with Gasteiger partial charge in [0.05, 0.1) is 4.92 Å². The van der Waals surface area contributed by atoms with Crippen molar-refractivity contribution < 1.29 is 9.72 Å². The van der Waals surface area contributed by atoms with Crippen LogP contribution in [0.15, 0.2) is 18.2 Å². The van der Waals surface area contributed by atoms with Gasteiger partial charge in [-0.15, -0.1) is 12.4 Å². The number of nitrogens with zero attached hydrogens (tertiary/aromatic N) is 1. The van der Waals surface area contributed by atoms with Crippen LogP contribution in [0, 0.1) is 10.1 Å². The fourth-order valence-electron chi connectivity index (χ4n) is 1.25. The molecular formula is C11H15Cl2N3O3. The van der Waals surface area contributed by atoms with Crippen LogP contribution in [0.5, 0.6) is 0 Å². The van der Waals surface area contributed by atoms with E-state index in [4.69, 9.17) is 17.3 Å². The van der Waals surface area contributed by atoms with Crippen LogP contribution in [0.3, 0.4) is 0 Å². The first-order valence-corrected chi connectivity index (χ1v) is 5.59. The lowest BCUT2D eigenvalue weighted by atomic mass is 10.1. The maximum Gasteiger partial charge on any atom is 0.283 e. The van der Waals surface area contributed by atoms with Gasteiger partial charge in [0.1, 0.15) is 5.56 Å². The predicted molar refractivity (Wildman–Crippen MR) is 76.0 cm³/mol. The number of nitrogens with one attached hydrogen (secondary N) is 1. The summed E-state index contributed by atoms with van der Waals surface area (Å²) in [6.45, 7) is 3.69. The number of carbonyl (C=O) groups excluding carboxylic acids is 1. The second-order valence-electron chi connectivity index (χ2n) is 4.59. The Bertz CT molecular complexity index is 487. The van der Waals surface area contributed by atoms with Gasteiger partial charge in [-0.3, -0.25) is 14.9 Å². The summed E-state index contributed by atoms with van der Waals surface area (Å²) in [6, 6.07) is 3.89. The van der Waals surface area contributed by atoms with Gasteiger partial charge in [-0.1, -0.05) is 11.6 Å². The number of hydrogen-bond acceptors (Lipinski definition) is 4. The Morgan fingerprint density at radius 3 is 2.58 bits per heavy atom. The van der Waals surface area contributed by atoms with Crippen molar-refractivity contribution in [2.75, 3.05) is 6.54 Å². The fourth-order valence-corrected chi connectivity index (χ4v) is 1.42. The van der Waals surface area contributed by atoms with E-state index in [2.05, 4.69) is 5.32 Å². The Kier molecular flexibility index (Phi) is 6.21. The molecule has 0 spiro atoms. The number of carbonyl (C=O) groups is 1. The third-order valence-electron chi connectivity index (χ3n) is 2.11. The highest BCUT2D eigenvalue weighted by molar-refractivity contribution is 6.31. The number of benzene rings is 1. The average molecular weight is 308 g/mol. The molecule has 1 aromatic rings. The molecule has 1 amide bonds. The van der Waals surface area contributed by atoms with E-state index >= 15 is 0 Å². The molecule has 1 rings (SSSR count). The zero-order valence-electron chi connectivity index (χ0n) is 10.5. The average Bonchev–Trinajstić information content (AvgIpc) is 2.24. The first-order chi connectivity index (χ1) is 8.20. The van der Waals surface area contributed by atoms with Crippen molar-refractivity contribution in [1.29, 1.82) is 0 Å². The standard InChI is InChI=1S/C11H14ClN3O3.ClH/c1-11(2,13)6-14-10(16)8-4-3-7(12)5-9(8)15(17)18;/h3-5H,6,13H2,1-2H3,(H,14,16);1H. The molecule has 0 unspecified atom stereocenters. The lowest BCUT2D eigenvalue weighted by Crippen LogP contribution is -2.45. The van der Waals surface area contributed by atoms with Gasteiger partial charge >= 0.3 is 0 Å². The highest BCUT2D eigenvalue weighted by atomic mass is 35.5. The molecule has 0 aliphatic rings. The molecule has 0 fully saturated rings. The van der Waals surface area contributed by atoms with E-state index in [1.165, 1.54) is 12.1 Å². The minimum atomic E-state index is -0.644. The molecule has 106 valence electrons. The van der Waals surface area contributed by atoms with E-state index in [-0.39, 0.29) is 35.2 Å². The summed E-state index contributed by atoms with van der Waals surface area (Å²) in [6.07, 6.45) is 0. The van der Waals surface area contributed by atoms with Crippen molar-refractivity contribution in [2.45, 2.75) is 19.4 Å². The van der Waals surface area contributed by atoms with Crippen LogP contribution in [0.4, 0.5) is 5.69 Å². The SMILES string of the molecule is CC(C)(N)CNC(=O)c1ccc(Cl)cc1[N+](=O)[O-].Cl. The quantitative estimate of drug-likeness (QED) is 0.657. The number of rotatable bonds is 4. The van der Waals surface area contributed by atoms with E-state index in [9.17, 15) is 14.9 Å². The van der Waals surface area contributed by atoms with Crippen LogP contribution < -0.4 is 11.1 Å². The molecule has 0 aliphatic heterocycles. The van der Waals surface area contributed by atoms with Crippen LogP contribution in [-0.4, -0.2) is 22.9 Å². The van der Waals surface area contributed by atoms with Gasteiger partial charge in [-0.2, -0.15) is 0 Å². The summed E-state index contributed by atoms with van der Waals surface area (Å²) in [5.74, 6) is -0.545. The van der Waals surface area contributed by atoms with Gasteiger partial charge in [0.25, 0.3) is 11.6 Å². The van der Waals surface area contributed by atoms with Crippen molar-refractivity contribution in [3.8, 4) is 0 Å². The number of nitro benzene ring substituents is 1. The zero-order valence-corrected chi connectivity index (χ0v) is 12.0. The molecular weight excluding hydrogens is 293 g/mol. The van der Waals surface area contributed by atoms with E-state index in [1.807, 2.05) is 0 Å². The van der Waals surface area contributed by atoms with Gasteiger partial charge in [-0.25, -0.2) is 0 Å². The van der Waals surface area contributed by atoms with Crippen LogP contribution in [0.1, 0.15) is 24.2 Å². The molecule has 0 saturated carbocycles. The maximum atomic E-state index is 11.8. The van der Waals surface area contributed by atoms with Crippen molar-refractivity contribution in [1.82, 2.24) is 5.32 Å². The van der Waals surface area contributed by atoms with Crippen molar-refractivity contribution in [3.05, 3.63) is 38.9 Å². The first kappa shape index (κ1) is 17.6. The monoisotopic (exact) mass is 307 g/mol. The molecule has 0 radical (unpaired) electrons. The molecule has 0 heterocycles. The van der Waals surface area contributed by atoms with Gasteiger partial charge < -0.3 is 11.1 Å². The fraction of sp³-hybridized carbons (Fsp3) is 0.364. The van der Waals surface area contributed by atoms with Crippen molar-refractivity contribution in [3.63, 3.8) is 0 Å². The normalized spacial score (nSPS) is 10.5. The van der Waals surface area contributed by atoms with Crippen LogP contribution in [0.2, 0.25) is 5.02 Å². The van der Waals surface area contributed by atoms with E-state index in [1.54, 1.807) is 13.8 Å². The van der Waals surface area contributed by atoms with E-state index in [0.717, 1.165) is 6.07 Å². The molecule has 0 aromatic heterocycles. The molecule has 19 heavy (non-hydrogen) atoms. The highest BCUT2D eigenvalue weighted by Gasteiger charge is 2.21. The Labute approximate surface area is 121 Å². The minimum Gasteiger partial charge on any atom is -0.350 e. The van der Waals surface area contributed by atoms with Crippen molar-refractivity contribution >= 4 is 35.6 Å². The van der Waals surface area contributed by atoms with Gasteiger partial charge in [-0.05, 0) is 26.0 Å². The molecule has 0 saturated heterocycles. The number of nitrogens with two attached hydrogens (primary N) is 1. The minimum absolute atomic E-state index is 0. The Balaban J connectivity index is 0.00000324. The van der Waals surface area contributed by atoms with Gasteiger partial charge in [0, 0.05) is 23.2 Å². The number of amides is 1. The second kappa shape index (κ2) is 6.70. The molecule has 0 atom stereocenters. The van der Waals surface area contributed by atoms with Crippen molar-refractivity contribution in [2.24, 2.45) is 5.73 Å².